The molecule has 1 aliphatic heterocycles. The van der Waals surface area contributed by atoms with Crippen LogP contribution in [0.4, 0.5) is 0 Å². The Bertz CT molecular complexity index is 392. The predicted octanol–water partition coefficient (Wildman–Crippen LogP) is 2.25. The van der Waals surface area contributed by atoms with Gasteiger partial charge in [-0.15, -0.1) is 0 Å². The molecule has 1 aromatic rings. The summed E-state index contributed by atoms with van der Waals surface area (Å²) in [4.78, 5) is 12.0. The Hall–Kier alpha value is -1.19. The molecule has 0 bridgehead atoms. The highest BCUT2D eigenvalue weighted by molar-refractivity contribution is 5.97. The second kappa shape index (κ2) is 4.76. The van der Waals surface area contributed by atoms with E-state index in [0.717, 1.165) is 11.1 Å². The summed E-state index contributed by atoms with van der Waals surface area (Å²) in [5.74, 6) is 0.0874. The van der Waals surface area contributed by atoms with Crippen LogP contribution in [-0.2, 0) is 9.47 Å². The molecular weight excluding hydrogens is 204 g/mol. The zero-order valence-electron chi connectivity index (χ0n) is 9.66. The molecule has 0 spiro atoms. The van der Waals surface area contributed by atoms with Crippen molar-refractivity contribution in [1.82, 2.24) is 0 Å². The third kappa shape index (κ3) is 2.49. The molecule has 1 aromatic carbocycles. The van der Waals surface area contributed by atoms with Crippen molar-refractivity contribution in [3.05, 3.63) is 34.9 Å². The number of hydrogen-bond donors (Lipinski definition) is 0. The number of carbonyl (C=O) groups excluding carboxylic acids is 1. The number of benzene rings is 1. The molecule has 86 valence electrons. The van der Waals surface area contributed by atoms with Gasteiger partial charge in [-0.05, 0) is 19.4 Å². The maximum atomic E-state index is 12.0. The molecule has 2 rings (SSSR count). The van der Waals surface area contributed by atoms with E-state index in [9.17, 15) is 4.79 Å². The van der Waals surface area contributed by atoms with Gasteiger partial charge in [0.2, 0.25) is 0 Å². The van der Waals surface area contributed by atoms with Gasteiger partial charge >= 0.3 is 0 Å². The maximum Gasteiger partial charge on any atom is 0.168 e. The molecule has 1 fully saturated rings. The van der Waals surface area contributed by atoms with Crippen molar-refractivity contribution in [2.24, 2.45) is 0 Å². The van der Waals surface area contributed by atoms with E-state index in [4.69, 9.17) is 9.47 Å². The normalized spacial score (nSPS) is 16.6. The van der Waals surface area contributed by atoms with E-state index >= 15 is 0 Å². The highest BCUT2D eigenvalue weighted by atomic mass is 16.7. The van der Waals surface area contributed by atoms with E-state index in [1.807, 2.05) is 32.0 Å². The summed E-state index contributed by atoms with van der Waals surface area (Å²) < 4.78 is 10.5. The van der Waals surface area contributed by atoms with Crippen LogP contribution < -0.4 is 0 Å². The lowest BCUT2D eigenvalue weighted by Crippen LogP contribution is -2.15. The Morgan fingerprint density at radius 3 is 2.62 bits per heavy atom. The minimum Gasteiger partial charge on any atom is -0.350 e. The van der Waals surface area contributed by atoms with Crippen LogP contribution in [0.5, 0.6) is 0 Å². The Balaban J connectivity index is 2.08. The average Bonchev–Trinajstić information content (AvgIpc) is 2.70. The molecule has 0 unspecified atom stereocenters. The Morgan fingerprint density at radius 1 is 1.31 bits per heavy atom. The number of ether oxygens (including phenoxy) is 2. The second-order valence-electron chi connectivity index (χ2n) is 4.12. The van der Waals surface area contributed by atoms with E-state index < -0.39 is 0 Å². The standard InChI is InChI=1S/C13H16O3/c1-9-3-4-11(10(2)7-9)12(14)8-13-15-5-6-16-13/h3-4,7,13H,5-6,8H2,1-2H3. The number of Topliss-reactive ketones (excluding diaryl/α,β-unsaturated/α-hetero) is 1. The van der Waals surface area contributed by atoms with Gasteiger partial charge in [0.05, 0.1) is 19.6 Å². The quantitative estimate of drug-likeness (QED) is 0.733. The van der Waals surface area contributed by atoms with Crippen LogP contribution in [0.3, 0.4) is 0 Å². The molecule has 0 saturated carbocycles. The van der Waals surface area contributed by atoms with Gasteiger partial charge in [-0.1, -0.05) is 23.8 Å². The largest absolute Gasteiger partial charge is 0.350 e. The van der Waals surface area contributed by atoms with Gasteiger partial charge in [-0.25, -0.2) is 0 Å². The monoisotopic (exact) mass is 220 g/mol. The van der Waals surface area contributed by atoms with E-state index in [1.165, 1.54) is 5.56 Å². The minimum atomic E-state index is -0.354. The van der Waals surface area contributed by atoms with Gasteiger partial charge in [-0.2, -0.15) is 0 Å². The lowest BCUT2D eigenvalue weighted by atomic mass is 10.0. The van der Waals surface area contributed by atoms with E-state index in [1.54, 1.807) is 0 Å². The molecule has 3 nitrogen and oxygen atoms in total. The molecule has 0 atom stereocenters. The van der Waals surface area contributed by atoms with Crippen LogP contribution in [0.2, 0.25) is 0 Å². The molecular formula is C13H16O3. The topological polar surface area (TPSA) is 35.5 Å². The fourth-order valence-electron chi connectivity index (χ4n) is 1.91. The summed E-state index contributed by atoms with van der Waals surface area (Å²) in [7, 11) is 0. The fraction of sp³-hybridized carbons (Fsp3) is 0.462. The molecule has 1 saturated heterocycles. The molecule has 1 aliphatic rings. The van der Waals surface area contributed by atoms with Crippen LogP contribution >= 0.6 is 0 Å². The lowest BCUT2D eigenvalue weighted by molar-refractivity contribution is -0.0407. The van der Waals surface area contributed by atoms with Crippen molar-refractivity contribution in [2.75, 3.05) is 13.2 Å². The highest BCUT2D eigenvalue weighted by Crippen LogP contribution is 2.16. The van der Waals surface area contributed by atoms with Gasteiger partial charge in [0, 0.05) is 5.56 Å². The van der Waals surface area contributed by atoms with Crippen LogP contribution in [-0.4, -0.2) is 25.3 Å². The molecule has 0 aliphatic carbocycles. The number of rotatable bonds is 3. The Labute approximate surface area is 95.4 Å². The SMILES string of the molecule is Cc1ccc(C(=O)CC2OCCO2)c(C)c1. The second-order valence-corrected chi connectivity index (χ2v) is 4.12. The molecule has 3 heteroatoms. The Morgan fingerprint density at radius 2 is 2.00 bits per heavy atom. The zero-order valence-corrected chi connectivity index (χ0v) is 9.66. The van der Waals surface area contributed by atoms with Crippen LogP contribution in [0.15, 0.2) is 18.2 Å². The smallest absolute Gasteiger partial charge is 0.168 e. The summed E-state index contributed by atoms with van der Waals surface area (Å²) in [6.07, 6.45) is -0.0441. The van der Waals surface area contributed by atoms with Gasteiger partial charge in [0.25, 0.3) is 0 Å². The summed E-state index contributed by atoms with van der Waals surface area (Å²) in [5, 5.41) is 0. The van der Waals surface area contributed by atoms with Crippen molar-refractivity contribution in [3.8, 4) is 0 Å². The molecule has 0 amide bonds. The zero-order chi connectivity index (χ0) is 11.5. The molecule has 1 heterocycles. The average molecular weight is 220 g/mol. The van der Waals surface area contributed by atoms with Crippen molar-refractivity contribution in [3.63, 3.8) is 0 Å². The third-order valence-electron chi connectivity index (χ3n) is 2.73. The van der Waals surface area contributed by atoms with E-state index in [0.29, 0.717) is 19.6 Å². The fourth-order valence-corrected chi connectivity index (χ4v) is 1.91. The number of aryl methyl sites for hydroxylation is 2. The molecule has 0 aromatic heterocycles. The Kier molecular flexibility index (Phi) is 3.36. The van der Waals surface area contributed by atoms with Gasteiger partial charge in [-0.3, -0.25) is 4.79 Å². The van der Waals surface area contributed by atoms with Gasteiger partial charge < -0.3 is 9.47 Å². The number of carbonyl (C=O) groups is 1. The first kappa shape index (κ1) is 11.3. The van der Waals surface area contributed by atoms with Gasteiger partial charge in [0.15, 0.2) is 12.1 Å². The number of hydrogen-bond acceptors (Lipinski definition) is 3. The summed E-state index contributed by atoms with van der Waals surface area (Å²) in [5.41, 5.74) is 2.95. The van der Waals surface area contributed by atoms with Crippen LogP contribution in [0, 0.1) is 13.8 Å². The molecule has 0 N–H and O–H groups in total. The van der Waals surface area contributed by atoms with Crippen molar-refractivity contribution >= 4 is 5.78 Å². The predicted molar refractivity (Wildman–Crippen MR) is 60.6 cm³/mol. The molecule has 0 radical (unpaired) electrons. The van der Waals surface area contributed by atoms with Crippen molar-refractivity contribution in [2.45, 2.75) is 26.6 Å². The number of ketones is 1. The van der Waals surface area contributed by atoms with Crippen LogP contribution in [0.25, 0.3) is 0 Å². The first-order valence-corrected chi connectivity index (χ1v) is 5.50. The van der Waals surface area contributed by atoms with Gasteiger partial charge in [0.1, 0.15) is 0 Å². The van der Waals surface area contributed by atoms with Crippen LogP contribution in [0.1, 0.15) is 27.9 Å². The van der Waals surface area contributed by atoms with E-state index in [-0.39, 0.29) is 12.1 Å². The molecule has 16 heavy (non-hydrogen) atoms. The van der Waals surface area contributed by atoms with Crippen molar-refractivity contribution in [1.29, 1.82) is 0 Å². The third-order valence-corrected chi connectivity index (χ3v) is 2.73. The lowest BCUT2D eigenvalue weighted by Gasteiger charge is -2.10. The summed E-state index contributed by atoms with van der Waals surface area (Å²) in [6.45, 7) is 5.15. The highest BCUT2D eigenvalue weighted by Gasteiger charge is 2.21. The van der Waals surface area contributed by atoms with Crippen molar-refractivity contribution < 1.29 is 14.3 Å². The minimum absolute atomic E-state index is 0.0874. The first-order chi connectivity index (χ1) is 7.66. The first-order valence-electron chi connectivity index (χ1n) is 5.50. The maximum absolute atomic E-state index is 12.0. The van der Waals surface area contributed by atoms with E-state index in [2.05, 4.69) is 0 Å². The summed E-state index contributed by atoms with van der Waals surface area (Å²) >= 11 is 0. The summed E-state index contributed by atoms with van der Waals surface area (Å²) in [6, 6.07) is 5.85.